The van der Waals surface area contributed by atoms with E-state index in [1.165, 1.54) is 0 Å². The SMILES string of the molecule is O=C(CN1C(=O)N[C@]2(CCCc3ccccc32)C1=O)Nc1ccc(Br)cc1Br. The molecule has 4 amide bonds. The molecule has 1 spiro atoms. The van der Waals surface area contributed by atoms with E-state index in [9.17, 15) is 14.4 Å². The van der Waals surface area contributed by atoms with Crippen molar-refractivity contribution in [3.63, 3.8) is 0 Å². The molecule has 1 saturated heterocycles. The molecule has 1 aliphatic heterocycles. The molecule has 0 bridgehead atoms. The van der Waals surface area contributed by atoms with Crippen molar-refractivity contribution in [2.24, 2.45) is 0 Å². The molecule has 8 heteroatoms. The van der Waals surface area contributed by atoms with Crippen molar-refractivity contribution in [1.82, 2.24) is 10.2 Å². The molecule has 1 fully saturated rings. The summed E-state index contributed by atoms with van der Waals surface area (Å²) in [4.78, 5) is 39.3. The van der Waals surface area contributed by atoms with Crippen molar-refractivity contribution >= 4 is 55.4 Å². The van der Waals surface area contributed by atoms with Crippen LogP contribution >= 0.6 is 31.9 Å². The van der Waals surface area contributed by atoms with Gasteiger partial charge in [-0.05, 0) is 64.5 Å². The Labute approximate surface area is 178 Å². The third-order valence-corrected chi connectivity index (χ3v) is 6.31. The Balaban J connectivity index is 1.55. The summed E-state index contributed by atoms with van der Waals surface area (Å²) in [5.74, 6) is -0.803. The molecule has 2 aliphatic rings. The Morgan fingerprint density at radius 1 is 1.18 bits per heavy atom. The number of nitrogens with zero attached hydrogens (tertiary/aromatic N) is 1. The van der Waals surface area contributed by atoms with Crippen molar-refractivity contribution < 1.29 is 14.4 Å². The summed E-state index contributed by atoms with van der Waals surface area (Å²) in [5, 5.41) is 5.59. The van der Waals surface area contributed by atoms with Gasteiger partial charge in [0, 0.05) is 8.95 Å². The summed E-state index contributed by atoms with van der Waals surface area (Å²) < 4.78 is 1.56. The standard InChI is InChI=1S/C20H17Br2N3O3/c21-13-7-8-16(15(22)10-13)23-17(26)11-25-18(27)20(24-19(25)28)9-3-5-12-4-1-2-6-14(12)20/h1-2,4,6-8,10H,3,5,9,11H2,(H,23,26)(H,24,28)/t20-/m0/s1. The van der Waals surface area contributed by atoms with Crippen LogP contribution in [-0.2, 0) is 21.5 Å². The molecule has 0 aromatic heterocycles. The van der Waals surface area contributed by atoms with E-state index in [1.807, 2.05) is 24.3 Å². The van der Waals surface area contributed by atoms with Gasteiger partial charge in [-0.3, -0.25) is 14.5 Å². The number of benzene rings is 2. The highest BCUT2D eigenvalue weighted by Gasteiger charge is 2.54. The smallest absolute Gasteiger partial charge is 0.323 e. The first-order chi connectivity index (χ1) is 13.4. The van der Waals surface area contributed by atoms with E-state index in [-0.39, 0.29) is 12.5 Å². The van der Waals surface area contributed by atoms with Gasteiger partial charge in [0.2, 0.25) is 5.91 Å². The highest BCUT2D eigenvalue weighted by atomic mass is 79.9. The Kier molecular flexibility index (Phi) is 5.01. The zero-order valence-corrected chi connectivity index (χ0v) is 18.0. The first kappa shape index (κ1) is 19.1. The van der Waals surface area contributed by atoms with Crippen molar-refractivity contribution in [3.05, 3.63) is 62.5 Å². The van der Waals surface area contributed by atoms with Crippen molar-refractivity contribution in [3.8, 4) is 0 Å². The summed E-state index contributed by atoms with van der Waals surface area (Å²) in [7, 11) is 0. The van der Waals surface area contributed by atoms with Gasteiger partial charge in [-0.2, -0.15) is 0 Å². The second-order valence-corrected chi connectivity index (χ2v) is 8.68. The molecular weight excluding hydrogens is 490 g/mol. The Bertz CT molecular complexity index is 994. The number of carbonyl (C=O) groups is 3. The molecule has 4 rings (SSSR count). The molecule has 2 aromatic carbocycles. The number of anilines is 1. The molecular formula is C20H17Br2N3O3. The lowest BCUT2D eigenvalue weighted by atomic mass is 9.76. The van der Waals surface area contributed by atoms with Gasteiger partial charge in [0.15, 0.2) is 0 Å². The minimum Gasteiger partial charge on any atom is -0.323 e. The van der Waals surface area contributed by atoms with Crippen molar-refractivity contribution in [1.29, 1.82) is 0 Å². The number of halogens is 2. The van der Waals surface area contributed by atoms with E-state index in [4.69, 9.17) is 0 Å². The lowest BCUT2D eigenvalue weighted by molar-refractivity contribution is -0.134. The number of fused-ring (bicyclic) bond motifs is 2. The van der Waals surface area contributed by atoms with Crippen LogP contribution < -0.4 is 10.6 Å². The maximum Gasteiger partial charge on any atom is 0.325 e. The quantitative estimate of drug-likeness (QED) is 0.619. The van der Waals surface area contributed by atoms with Crippen LogP contribution in [0.4, 0.5) is 10.5 Å². The first-order valence-electron chi connectivity index (χ1n) is 8.88. The fourth-order valence-corrected chi connectivity index (χ4v) is 5.03. The highest BCUT2D eigenvalue weighted by molar-refractivity contribution is 9.11. The van der Waals surface area contributed by atoms with E-state index in [0.717, 1.165) is 33.3 Å². The number of carbonyl (C=O) groups excluding carboxylic acids is 3. The lowest BCUT2D eigenvalue weighted by Gasteiger charge is -2.33. The van der Waals surface area contributed by atoms with Crippen LogP contribution in [0.2, 0.25) is 0 Å². The molecule has 0 radical (unpaired) electrons. The minimum absolute atomic E-state index is 0.336. The molecule has 1 aliphatic carbocycles. The van der Waals surface area contributed by atoms with E-state index >= 15 is 0 Å². The van der Waals surface area contributed by atoms with Gasteiger partial charge >= 0.3 is 6.03 Å². The summed E-state index contributed by atoms with van der Waals surface area (Å²) in [6.07, 6.45) is 2.21. The Morgan fingerprint density at radius 3 is 2.75 bits per heavy atom. The zero-order valence-electron chi connectivity index (χ0n) is 14.8. The third kappa shape index (κ3) is 3.24. The fraction of sp³-hybridized carbons (Fsp3) is 0.250. The van der Waals surface area contributed by atoms with Crippen molar-refractivity contribution in [2.45, 2.75) is 24.8 Å². The molecule has 1 atom stereocenters. The molecule has 2 aromatic rings. The van der Waals surface area contributed by atoms with Gasteiger partial charge in [-0.15, -0.1) is 0 Å². The van der Waals surface area contributed by atoms with Crippen LogP contribution in [0.15, 0.2) is 51.4 Å². The monoisotopic (exact) mass is 505 g/mol. The fourth-order valence-electron chi connectivity index (χ4n) is 3.88. The first-order valence-corrected chi connectivity index (χ1v) is 10.5. The van der Waals surface area contributed by atoms with Gasteiger partial charge in [0.1, 0.15) is 12.1 Å². The predicted molar refractivity (Wildman–Crippen MR) is 112 cm³/mol. The summed E-state index contributed by atoms with van der Waals surface area (Å²) >= 11 is 6.74. The van der Waals surface area contributed by atoms with Crippen LogP contribution in [0.5, 0.6) is 0 Å². The molecule has 0 unspecified atom stereocenters. The third-order valence-electron chi connectivity index (χ3n) is 5.16. The van der Waals surface area contributed by atoms with Gasteiger partial charge in [-0.25, -0.2) is 4.79 Å². The number of imide groups is 1. The van der Waals surface area contributed by atoms with E-state index in [0.29, 0.717) is 16.6 Å². The van der Waals surface area contributed by atoms with Gasteiger partial charge in [0.25, 0.3) is 5.91 Å². The van der Waals surface area contributed by atoms with Crippen LogP contribution in [0.1, 0.15) is 24.0 Å². The maximum atomic E-state index is 13.2. The number of urea groups is 1. The molecule has 2 N–H and O–H groups in total. The summed E-state index contributed by atoms with van der Waals surface area (Å²) in [5.41, 5.74) is 1.40. The minimum atomic E-state index is -1.07. The largest absolute Gasteiger partial charge is 0.325 e. The highest BCUT2D eigenvalue weighted by Crippen LogP contribution is 2.39. The second kappa shape index (κ2) is 7.33. The van der Waals surface area contributed by atoms with Crippen LogP contribution in [0.3, 0.4) is 0 Å². The van der Waals surface area contributed by atoms with Crippen LogP contribution in [0, 0.1) is 0 Å². The average Bonchev–Trinajstić information content (AvgIpc) is 2.89. The number of nitrogens with one attached hydrogen (secondary N) is 2. The van der Waals surface area contributed by atoms with E-state index in [1.54, 1.807) is 18.2 Å². The van der Waals surface area contributed by atoms with Gasteiger partial charge in [0.05, 0.1) is 5.69 Å². The molecule has 1 heterocycles. The topological polar surface area (TPSA) is 78.5 Å². The lowest BCUT2D eigenvalue weighted by Crippen LogP contribution is -2.47. The van der Waals surface area contributed by atoms with Gasteiger partial charge < -0.3 is 10.6 Å². The predicted octanol–water partition coefficient (Wildman–Crippen LogP) is 3.93. The molecule has 28 heavy (non-hydrogen) atoms. The van der Waals surface area contributed by atoms with Crippen LogP contribution in [-0.4, -0.2) is 29.3 Å². The number of rotatable bonds is 3. The summed E-state index contributed by atoms with van der Waals surface area (Å²) in [6.45, 7) is -0.336. The molecule has 6 nitrogen and oxygen atoms in total. The van der Waals surface area contributed by atoms with Gasteiger partial charge in [-0.1, -0.05) is 40.2 Å². The number of hydrogen-bond donors (Lipinski definition) is 2. The average molecular weight is 507 g/mol. The zero-order chi connectivity index (χ0) is 19.9. The summed E-state index contributed by atoms with van der Waals surface area (Å²) in [6, 6.07) is 12.5. The molecule has 0 saturated carbocycles. The van der Waals surface area contributed by atoms with E-state index in [2.05, 4.69) is 42.5 Å². The Hall–Kier alpha value is -2.19. The number of hydrogen-bond acceptors (Lipinski definition) is 3. The normalized spacial score (nSPS) is 20.9. The number of aryl methyl sites for hydroxylation is 1. The van der Waals surface area contributed by atoms with Crippen LogP contribution in [0.25, 0.3) is 0 Å². The van der Waals surface area contributed by atoms with E-state index < -0.39 is 17.5 Å². The van der Waals surface area contributed by atoms with Crippen molar-refractivity contribution in [2.75, 3.05) is 11.9 Å². The maximum absolute atomic E-state index is 13.2. The Morgan fingerprint density at radius 2 is 1.96 bits per heavy atom. The second-order valence-electron chi connectivity index (χ2n) is 6.91. The molecule has 144 valence electrons. The number of amides is 4.